The molecule has 102 valence electrons. The Morgan fingerprint density at radius 3 is 2.50 bits per heavy atom. The Kier molecular flexibility index (Phi) is 2.50. The quantitative estimate of drug-likeness (QED) is 0.490. The highest BCUT2D eigenvalue weighted by atomic mass is 19.4. The summed E-state index contributed by atoms with van der Waals surface area (Å²) in [5.41, 5.74) is 3.56. The molecule has 1 aromatic rings. The number of nitrogens with two attached hydrogens (primary N) is 1. The zero-order valence-electron chi connectivity index (χ0n) is 10.1. The van der Waals surface area contributed by atoms with E-state index in [0.717, 1.165) is 11.5 Å². The van der Waals surface area contributed by atoms with Crippen LogP contribution >= 0.6 is 0 Å². The number of benzene rings is 2. The van der Waals surface area contributed by atoms with E-state index in [0.29, 0.717) is 5.52 Å². The summed E-state index contributed by atoms with van der Waals surface area (Å²) in [6, 6.07) is 9.44. The molecule has 6 heteroatoms. The average Bonchev–Trinajstić information content (AvgIpc) is 2.40. The number of halogens is 3. The molecule has 1 aliphatic carbocycles. The predicted octanol–water partition coefficient (Wildman–Crippen LogP) is 3.23. The van der Waals surface area contributed by atoms with Crippen molar-refractivity contribution in [2.24, 2.45) is 0 Å². The third-order valence-electron chi connectivity index (χ3n) is 3.19. The maximum absolute atomic E-state index is 12.8. The summed E-state index contributed by atoms with van der Waals surface area (Å²) in [6.07, 6.45) is -4.66. The largest absolute Gasteiger partial charge is 0.418 e. The lowest BCUT2D eigenvalue weighted by atomic mass is 10.0. The molecule has 0 amide bonds. The van der Waals surface area contributed by atoms with Crippen molar-refractivity contribution in [1.82, 2.24) is 4.98 Å². The maximum Gasteiger partial charge on any atom is 0.418 e. The number of anilines is 1. The first-order chi connectivity index (χ1) is 9.38. The van der Waals surface area contributed by atoms with Gasteiger partial charge in [0, 0.05) is 11.1 Å². The third kappa shape index (κ3) is 1.80. The molecule has 1 aliphatic heterocycles. The number of H-pyrrole nitrogens is 1. The van der Waals surface area contributed by atoms with Crippen LogP contribution in [0.4, 0.5) is 18.9 Å². The molecular formula is C14H9F3N2O. The normalized spacial score (nSPS) is 12.2. The van der Waals surface area contributed by atoms with Crippen LogP contribution in [0.3, 0.4) is 0 Å². The molecule has 1 aromatic carbocycles. The van der Waals surface area contributed by atoms with Crippen molar-refractivity contribution in [2.75, 3.05) is 5.73 Å². The zero-order chi connectivity index (χ0) is 14.5. The number of nitrogen functional groups attached to an aromatic ring is 1. The molecule has 1 heterocycles. The molecule has 0 aromatic heterocycles. The number of hydrogen-bond donors (Lipinski definition) is 2. The summed E-state index contributed by atoms with van der Waals surface area (Å²) in [4.78, 5) is 14.8. The van der Waals surface area contributed by atoms with E-state index < -0.39 is 22.9 Å². The molecule has 3 nitrogen and oxygen atoms in total. The van der Waals surface area contributed by atoms with Gasteiger partial charge in [-0.25, -0.2) is 0 Å². The predicted molar refractivity (Wildman–Crippen MR) is 70.6 cm³/mol. The second-order valence-corrected chi connectivity index (χ2v) is 4.48. The maximum atomic E-state index is 12.8. The fourth-order valence-corrected chi connectivity index (χ4v) is 2.21. The van der Waals surface area contributed by atoms with Gasteiger partial charge in [0.2, 0.25) is 5.43 Å². The zero-order valence-corrected chi connectivity index (χ0v) is 10.1. The van der Waals surface area contributed by atoms with Gasteiger partial charge in [0.15, 0.2) is 0 Å². The number of rotatable bonds is 0. The molecule has 0 spiro atoms. The summed E-state index contributed by atoms with van der Waals surface area (Å²) < 4.78 is 38.5. The van der Waals surface area contributed by atoms with Gasteiger partial charge in [-0.1, -0.05) is 18.2 Å². The van der Waals surface area contributed by atoms with Gasteiger partial charge in [0.05, 0.1) is 16.9 Å². The van der Waals surface area contributed by atoms with E-state index in [-0.39, 0.29) is 11.3 Å². The van der Waals surface area contributed by atoms with Crippen molar-refractivity contribution in [3.63, 3.8) is 0 Å². The lowest BCUT2D eigenvalue weighted by Crippen LogP contribution is -2.20. The van der Waals surface area contributed by atoms with E-state index in [9.17, 15) is 18.0 Å². The van der Waals surface area contributed by atoms with Crippen LogP contribution in [0.25, 0.3) is 22.2 Å². The molecule has 0 saturated heterocycles. The van der Waals surface area contributed by atoms with E-state index in [2.05, 4.69) is 4.98 Å². The van der Waals surface area contributed by atoms with Gasteiger partial charge in [-0.2, -0.15) is 13.2 Å². The number of aromatic amines is 1. The highest BCUT2D eigenvalue weighted by molar-refractivity contribution is 5.86. The Labute approximate surface area is 111 Å². The molecule has 2 aliphatic rings. The van der Waals surface area contributed by atoms with E-state index in [1.807, 2.05) is 0 Å². The van der Waals surface area contributed by atoms with Crippen molar-refractivity contribution in [3.05, 3.63) is 52.2 Å². The van der Waals surface area contributed by atoms with Crippen LogP contribution in [0.1, 0.15) is 5.56 Å². The monoisotopic (exact) mass is 278 g/mol. The smallest absolute Gasteiger partial charge is 0.395 e. The molecule has 0 atom stereocenters. The van der Waals surface area contributed by atoms with Crippen LogP contribution in [0.5, 0.6) is 0 Å². The van der Waals surface area contributed by atoms with Crippen LogP contribution < -0.4 is 11.2 Å². The number of pyridine rings is 1. The molecule has 0 fully saturated rings. The molecule has 0 bridgehead atoms. The van der Waals surface area contributed by atoms with Gasteiger partial charge in [0.1, 0.15) is 0 Å². The fraction of sp³-hybridized carbons (Fsp3) is 0.0714. The van der Waals surface area contributed by atoms with Crippen molar-refractivity contribution >= 4 is 16.6 Å². The van der Waals surface area contributed by atoms with E-state index in [1.165, 1.54) is 0 Å². The van der Waals surface area contributed by atoms with Crippen LogP contribution in [-0.4, -0.2) is 4.98 Å². The fourth-order valence-electron chi connectivity index (χ4n) is 2.21. The second kappa shape index (κ2) is 4.00. The number of fused-ring (bicyclic) bond motifs is 2. The van der Waals surface area contributed by atoms with Crippen molar-refractivity contribution in [2.45, 2.75) is 6.18 Å². The Bertz CT molecular complexity index is 836. The highest BCUT2D eigenvalue weighted by Gasteiger charge is 2.35. The minimum atomic E-state index is -4.66. The number of alkyl halides is 3. The van der Waals surface area contributed by atoms with Crippen LogP contribution in [-0.2, 0) is 6.18 Å². The van der Waals surface area contributed by atoms with Crippen LogP contribution in [0.2, 0.25) is 0 Å². The van der Waals surface area contributed by atoms with E-state index in [4.69, 9.17) is 5.73 Å². The van der Waals surface area contributed by atoms with Gasteiger partial charge >= 0.3 is 6.18 Å². The Morgan fingerprint density at radius 2 is 1.80 bits per heavy atom. The van der Waals surface area contributed by atoms with Gasteiger partial charge in [-0.05, 0) is 23.6 Å². The summed E-state index contributed by atoms with van der Waals surface area (Å²) in [7, 11) is 0. The standard InChI is InChI=1S/C14H9F3N2O/c15-14(16,17)9-6-11-8(13(20)12(9)18)5-7-3-1-2-4-10(7)19-11/h1-6,19H,18H2. The van der Waals surface area contributed by atoms with Crippen molar-refractivity contribution in [3.8, 4) is 11.3 Å². The first-order valence-electron chi connectivity index (χ1n) is 5.79. The average molecular weight is 278 g/mol. The second-order valence-electron chi connectivity index (χ2n) is 4.48. The molecule has 3 rings (SSSR count). The van der Waals surface area contributed by atoms with Gasteiger partial charge in [-0.3, -0.25) is 4.79 Å². The molecular weight excluding hydrogens is 269 g/mol. The molecule has 3 N–H and O–H groups in total. The Morgan fingerprint density at radius 1 is 1.10 bits per heavy atom. The summed E-state index contributed by atoms with van der Waals surface area (Å²) in [6.45, 7) is 0. The Hall–Kier alpha value is -2.50. The minimum absolute atomic E-state index is 0.121. The minimum Gasteiger partial charge on any atom is -0.395 e. The first kappa shape index (κ1) is 12.5. The topological polar surface area (TPSA) is 58.9 Å². The Balaban J connectivity index is 2.45. The molecule has 20 heavy (non-hydrogen) atoms. The van der Waals surface area contributed by atoms with Crippen molar-refractivity contribution in [1.29, 1.82) is 0 Å². The lowest BCUT2D eigenvalue weighted by Gasteiger charge is -2.14. The molecule has 0 radical (unpaired) electrons. The van der Waals surface area contributed by atoms with Crippen LogP contribution in [0.15, 0.2) is 41.2 Å². The summed E-state index contributed by atoms with van der Waals surface area (Å²) >= 11 is 0. The van der Waals surface area contributed by atoms with E-state index >= 15 is 0 Å². The van der Waals surface area contributed by atoms with Gasteiger partial charge in [-0.15, -0.1) is 0 Å². The first-order valence-corrected chi connectivity index (χ1v) is 5.79. The lowest BCUT2D eigenvalue weighted by molar-refractivity contribution is -0.136. The van der Waals surface area contributed by atoms with Crippen LogP contribution in [0, 0.1) is 0 Å². The SMILES string of the molecule is Nc1c(C(F)(F)F)cc2[nH]c3ccccc3cc-2c1=O. The highest BCUT2D eigenvalue weighted by Crippen LogP contribution is 2.35. The van der Waals surface area contributed by atoms with E-state index in [1.54, 1.807) is 30.3 Å². The molecule has 0 unspecified atom stereocenters. The third-order valence-corrected chi connectivity index (χ3v) is 3.19. The number of aromatic nitrogens is 1. The number of hydrogen-bond acceptors (Lipinski definition) is 2. The van der Waals surface area contributed by atoms with Gasteiger partial charge in [0.25, 0.3) is 0 Å². The van der Waals surface area contributed by atoms with Gasteiger partial charge < -0.3 is 10.7 Å². The van der Waals surface area contributed by atoms with Crippen molar-refractivity contribution < 1.29 is 13.2 Å². The summed E-state index contributed by atoms with van der Waals surface area (Å²) in [5.74, 6) is 0. The molecule has 0 saturated carbocycles. The summed E-state index contributed by atoms with van der Waals surface area (Å²) in [5, 5.41) is 0.733. The number of nitrogens with one attached hydrogen (secondary N) is 1. The number of para-hydroxylation sites is 1.